The van der Waals surface area contributed by atoms with Crippen LogP contribution in [0.5, 0.6) is 0 Å². The molecule has 0 fully saturated rings. The van der Waals surface area contributed by atoms with Crippen molar-refractivity contribution in [2.24, 2.45) is 0 Å². The summed E-state index contributed by atoms with van der Waals surface area (Å²) in [5.74, 6) is -2.78. The Hall–Kier alpha value is -4.52. The van der Waals surface area contributed by atoms with Crippen LogP contribution in [-0.2, 0) is 19.3 Å². The molecular weight excluding hydrogens is 571 g/mol. The number of anilines is 2. The molecule has 8 nitrogen and oxygen atoms in total. The van der Waals surface area contributed by atoms with Gasteiger partial charge >= 0.3 is 6.18 Å². The Labute approximate surface area is 233 Å². The number of aromatic nitrogens is 3. The van der Waals surface area contributed by atoms with E-state index in [0.717, 1.165) is 12.1 Å². The van der Waals surface area contributed by atoms with Crippen molar-refractivity contribution in [1.82, 2.24) is 20.1 Å². The van der Waals surface area contributed by atoms with Crippen LogP contribution in [0.2, 0.25) is 5.02 Å². The summed E-state index contributed by atoms with van der Waals surface area (Å²) in [5.41, 5.74) is -0.781. The lowest BCUT2D eigenvalue weighted by atomic mass is 9.95. The fourth-order valence-corrected chi connectivity index (χ4v) is 5.26. The number of alkyl halides is 3. The van der Waals surface area contributed by atoms with Crippen molar-refractivity contribution in [2.75, 3.05) is 16.8 Å². The van der Waals surface area contributed by atoms with Gasteiger partial charge < -0.3 is 15.5 Å². The number of hydrogen-bond acceptors (Lipinski definition) is 5. The van der Waals surface area contributed by atoms with E-state index in [0.29, 0.717) is 43.3 Å². The van der Waals surface area contributed by atoms with Crippen LogP contribution in [0.4, 0.5) is 33.3 Å². The van der Waals surface area contributed by atoms with Gasteiger partial charge in [0.25, 0.3) is 11.8 Å². The van der Waals surface area contributed by atoms with Gasteiger partial charge in [0.05, 0.1) is 24.7 Å². The molecule has 0 spiro atoms. The molecule has 1 aromatic heterocycles. The van der Waals surface area contributed by atoms with E-state index in [1.807, 2.05) is 4.90 Å². The molecule has 3 heterocycles. The first-order valence-corrected chi connectivity index (χ1v) is 12.6. The zero-order valence-electron chi connectivity index (χ0n) is 20.8. The van der Waals surface area contributed by atoms with Crippen molar-refractivity contribution in [3.63, 3.8) is 0 Å². The number of benzene rings is 3. The van der Waals surface area contributed by atoms with Gasteiger partial charge in [0, 0.05) is 45.2 Å². The van der Waals surface area contributed by atoms with Gasteiger partial charge in [0.2, 0.25) is 0 Å². The average Bonchev–Trinajstić information content (AvgIpc) is 3.53. The molecule has 210 valence electrons. The second-order valence-corrected chi connectivity index (χ2v) is 9.94. The molecule has 2 aliphatic heterocycles. The number of carbonyl (C=O) groups is 2. The van der Waals surface area contributed by atoms with E-state index in [1.165, 1.54) is 12.4 Å². The number of carbonyl (C=O) groups excluding carboxylic acids is 2. The minimum Gasteiger partial charge on any atom is -0.362 e. The fourth-order valence-electron chi connectivity index (χ4n) is 5.03. The number of nitrogens with one attached hydrogen (secondary N) is 2. The molecule has 41 heavy (non-hydrogen) atoms. The summed E-state index contributed by atoms with van der Waals surface area (Å²) in [7, 11) is 0. The minimum atomic E-state index is -4.89. The Kier molecular flexibility index (Phi) is 6.40. The van der Waals surface area contributed by atoms with Gasteiger partial charge in [0.1, 0.15) is 23.8 Å². The van der Waals surface area contributed by atoms with Crippen LogP contribution in [0.15, 0.2) is 54.9 Å². The van der Waals surface area contributed by atoms with E-state index in [-0.39, 0.29) is 33.5 Å². The van der Waals surface area contributed by atoms with Crippen LogP contribution >= 0.6 is 11.6 Å². The van der Waals surface area contributed by atoms with Gasteiger partial charge in [-0.1, -0.05) is 11.6 Å². The zero-order chi connectivity index (χ0) is 29.1. The number of fused-ring (bicyclic) bond motifs is 2. The van der Waals surface area contributed by atoms with Crippen LogP contribution in [0.25, 0.3) is 0 Å². The molecule has 1 unspecified atom stereocenters. The number of rotatable bonds is 4. The van der Waals surface area contributed by atoms with E-state index in [2.05, 4.69) is 20.7 Å². The van der Waals surface area contributed by atoms with Crippen molar-refractivity contribution in [2.45, 2.75) is 25.3 Å². The van der Waals surface area contributed by atoms with Gasteiger partial charge in [-0.05, 0) is 48.5 Å². The summed E-state index contributed by atoms with van der Waals surface area (Å²) in [5, 5.41) is 9.57. The molecule has 0 bridgehead atoms. The lowest BCUT2D eigenvalue weighted by Crippen LogP contribution is -2.34. The molecule has 0 radical (unpaired) electrons. The molecule has 6 rings (SSSR count). The van der Waals surface area contributed by atoms with Crippen molar-refractivity contribution in [3.05, 3.63) is 105 Å². The molecule has 1 atom stereocenters. The maximum Gasteiger partial charge on any atom is 0.416 e. The number of halogens is 6. The summed E-state index contributed by atoms with van der Waals surface area (Å²) in [6, 6.07) is 7.26. The topological polar surface area (TPSA) is 92.2 Å². The predicted octanol–water partition coefficient (Wildman–Crippen LogP) is 5.33. The Morgan fingerprint density at radius 3 is 2.63 bits per heavy atom. The highest BCUT2D eigenvalue weighted by Crippen LogP contribution is 2.42. The number of hydrogen-bond donors (Lipinski definition) is 2. The third kappa shape index (κ3) is 4.97. The monoisotopic (exact) mass is 588 g/mol. The third-order valence-corrected chi connectivity index (χ3v) is 7.30. The largest absolute Gasteiger partial charge is 0.416 e. The van der Waals surface area contributed by atoms with Crippen molar-refractivity contribution in [1.29, 1.82) is 0 Å². The maximum absolute atomic E-state index is 14.2. The fraction of sp³-hybridized carbons (Fsp3) is 0.185. The van der Waals surface area contributed by atoms with Crippen molar-refractivity contribution in [3.8, 4) is 0 Å². The first-order valence-electron chi connectivity index (χ1n) is 12.2. The first-order chi connectivity index (χ1) is 19.5. The standard InChI is InChI=1S/C27H18ClF5N6O2/c28-20-2-1-15(29)8-18(20)24-23-19(26(41)37-24)9-17(38-3-4-39-22(11-38)34-12-35-39)10-21(23)36-25(40)13-5-14(27(31,32)33)7-16(30)6-13/h1-2,5-10,12,24H,3-4,11H2,(H,36,40)(H,37,41). The van der Waals surface area contributed by atoms with E-state index >= 15 is 0 Å². The molecule has 0 saturated carbocycles. The van der Waals surface area contributed by atoms with E-state index in [1.54, 1.807) is 16.8 Å². The van der Waals surface area contributed by atoms with E-state index < -0.39 is 46.8 Å². The highest BCUT2D eigenvalue weighted by Gasteiger charge is 2.36. The molecule has 0 saturated heterocycles. The second kappa shape index (κ2) is 9.84. The molecule has 2 amide bonds. The van der Waals surface area contributed by atoms with Gasteiger partial charge in [0.15, 0.2) is 0 Å². The van der Waals surface area contributed by atoms with Crippen LogP contribution in [-0.4, -0.2) is 33.1 Å². The van der Waals surface area contributed by atoms with Crippen LogP contribution in [0, 0.1) is 11.6 Å². The highest BCUT2D eigenvalue weighted by atomic mass is 35.5. The van der Waals surface area contributed by atoms with Crippen LogP contribution < -0.4 is 15.5 Å². The highest BCUT2D eigenvalue weighted by molar-refractivity contribution is 6.31. The number of amides is 2. The quantitative estimate of drug-likeness (QED) is 0.314. The summed E-state index contributed by atoms with van der Waals surface area (Å²) in [4.78, 5) is 32.5. The normalized spacial score (nSPS) is 16.3. The van der Waals surface area contributed by atoms with Gasteiger partial charge in [-0.15, -0.1) is 0 Å². The SMILES string of the molecule is O=C(Nc1cc(N2CCn3ncnc3C2)cc2c1C(c1cc(F)ccc1Cl)NC2=O)c1cc(F)cc(C(F)(F)F)c1. The molecule has 2 N–H and O–H groups in total. The average molecular weight is 589 g/mol. The summed E-state index contributed by atoms with van der Waals surface area (Å²) in [6.07, 6.45) is -3.47. The lowest BCUT2D eigenvalue weighted by molar-refractivity contribution is -0.137. The van der Waals surface area contributed by atoms with Crippen molar-refractivity contribution >= 4 is 34.8 Å². The van der Waals surface area contributed by atoms with Crippen LogP contribution in [0.1, 0.15) is 49.3 Å². The Bertz CT molecular complexity index is 1720. The summed E-state index contributed by atoms with van der Waals surface area (Å²) in [6.45, 7) is 1.29. The van der Waals surface area contributed by atoms with Gasteiger partial charge in [-0.2, -0.15) is 18.3 Å². The Balaban J connectivity index is 1.46. The predicted molar refractivity (Wildman–Crippen MR) is 138 cm³/mol. The lowest BCUT2D eigenvalue weighted by Gasteiger charge is -2.30. The number of nitrogens with zero attached hydrogens (tertiary/aromatic N) is 4. The third-order valence-electron chi connectivity index (χ3n) is 6.95. The maximum atomic E-state index is 14.2. The molecule has 14 heteroatoms. The molecule has 3 aromatic carbocycles. The zero-order valence-corrected chi connectivity index (χ0v) is 21.5. The molecule has 4 aromatic rings. The Morgan fingerprint density at radius 2 is 1.85 bits per heavy atom. The smallest absolute Gasteiger partial charge is 0.362 e. The summed E-state index contributed by atoms with van der Waals surface area (Å²) < 4.78 is 69.9. The Morgan fingerprint density at radius 1 is 1.05 bits per heavy atom. The first kappa shape index (κ1) is 26.7. The minimum absolute atomic E-state index is 0.0519. The summed E-state index contributed by atoms with van der Waals surface area (Å²) >= 11 is 6.34. The molecule has 2 aliphatic rings. The second-order valence-electron chi connectivity index (χ2n) is 9.53. The van der Waals surface area contributed by atoms with Gasteiger partial charge in [-0.25, -0.2) is 18.4 Å². The van der Waals surface area contributed by atoms with Gasteiger partial charge in [-0.3, -0.25) is 9.59 Å². The van der Waals surface area contributed by atoms with E-state index in [4.69, 9.17) is 11.6 Å². The van der Waals surface area contributed by atoms with Crippen LogP contribution in [0.3, 0.4) is 0 Å². The van der Waals surface area contributed by atoms with Crippen molar-refractivity contribution < 1.29 is 31.5 Å². The van der Waals surface area contributed by atoms with E-state index in [9.17, 15) is 31.5 Å². The molecule has 0 aliphatic carbocycles. The molecular formula is C27H18ClF5N6O2.